The zero-order chi connectivity index (χ0) is 21.4. The lowest BCUT2D eigenvalue weighted by atomic mass is 10.0. The molecule has 0 aromatic heterocycles. The average molecular weight is 397 g/mol. The maximum atomic E-state index is 12.5. The third-order valence-corrected chi connectivity index (χ3v) is 4.39. The molecular formula is C22H27N3O4. The highest BCUT2D eigenvalue weighted by Gasteiger charge is 2.24. The van der Waals surface area contributed by atoms with Crippen LogP contribution in [0.4, 0.5) is 0 Å². The molecule has 7 heteroatoms. The van der Waals surface area contributed by atoms with Crippen LogP contribution in [0, 0.1) is 12.8 Å². The summed E-state index contributed by atoms with van der Waals surface area (Å²) in [5.74, 6) is -0.927. The number of carbonyl (C=O) groups is 3. The van der Waals surface area contributed by atoms with Crippen LogP contribution in [0.5, 0.6) is 5.75 Å². The summed E-state index contributed by atoms with van der Waals surface area (Å²) < 4.78 is 0. The molecule has 0 aliphatic carbocycles. The van der Waals surface area contributed by atoms with Gasteiger partial charge in [0.2, 0.25) is 5.91 Å². The van der Waals surface area contributed by atoms with Crippen molar-refractivity contribution in [1.82, 2.24) is 16.0 Å². The quantitative estimate of drug-likeness (QED) is 0.511. The van der Waals surface area contributed by atoms with Crippen molar-refractivity contribution in [2.24, 2.45) is 5.92 Å². The van der Waals surface area contributed by atoms with E-state index >= 15 is 0 Å². The van der Waals surface area contributed by atoms with Gasteiger partial charge in [-0.2, -0.15) is 0 Å². The van der Waals surface area contributed by atoms with Gasteiger partial charge in [0.25, 0.3) is 11.8 Å². The van der Waals surface area contributed by atoms with Crippen LogP contribution in [0.3, 0.4) is 0 Å². The first kappa shape index (κ1) is 21.9. The number of benzene rings is 2. The van der Waals surface area contributed by atoms with Crippen LogP contribution >= 0.6 is 0 Å². The van der Waals surface area contributed by atoms with Crippen LogP contribution in [0.25, 0.3) is 0 Å². The molecule has 29 heavy (non-hydrogen) atoms. The second-order valence-corrected chi connectivity index (χ2v) is 7.15. The summed E-state index contributed by atoms with van der Waals surface area (Å²) in [5.41, 5.74) is 1.96. The first-order valence-corrected chi connectivity index (χ1v) is 9.50. The van der Waals surface area contributed by atoms with Gasteiger partial charge in [-0.3, -0.25) is 14.4 Å². The Kier molecular flexibility index (Phi) is 7.77. The predicted molar refractivity (Wildman–Crippen MR) is 111 cm³/mol. The van der Waals surface area contributed by atoms with Crippen LogP contribution in [0.1, 0.15) is 40.1 Å². The normalized spacial score (nSPS) is 11.6. The number of rotatable bonds is 8. The molecule has 0 saturated heterocycles. The Balaban J connectivity index is 1.82. The molecule has 0 aliphatic rings. The highest BCUT2D eigenvalue weighted by molar-refractivity contribution is 5.97. The monoisotopic (exact) mass is 397 g/mol. The van der Waals surface area contributed by atoms with Gasteiger partial charge < -0.3 is 21.1 Å². The zero-order valence-electron chi connectivity index (χ0n) is 16.9. The average Bonchev–Trinajstić information content (AvgIpc) is 2.69. The van der Waals surface area contributed by atoms with E-state index in [1.54, 1.807) is 12.1 Å². The van der Waals surface area contributed by atoms with Gasteiger partial charge in [0.05, 0.1) is 0 Å². The molecule has 0 saturated carbocycles. The van der Waals surface area contributed by atoms with E-state index in [1.165, 1.54) is 24.3 Å². The van der Waals surface area contributed by atoms with E-state index < -0.39 is 6.04 Å². The standard InChI is InChI=1S/C22H27N3O4/c1-14(2)19(25-21(28)17-6-4-15(3)5-7-17)22(29)24-13-12-23-20(27)16-8-10-18(26)11-9-16/h4-11,14,19,26H,12-13H2,1-3H3,(H,23,27)(H,24,29)(H,25,28). The van der Waals surface area contributed by atoms with Crippen LogP contribution < -0.4 is 16.0 Å². The minimum Gasteiger partial charge on any atom is -0.508 e. The molecule has 0 fully saturated rings. The molecule has 4 N–H and O–H groups in total. The number of aryl methyl sites for hydroxylation is 1. The third kappa shape index (κ3) is 6.64. The lowest BCUT2D eigenvalue weighted by molar-refractivity contribution is -0.123. The molecule has 1 unspecified atom stereocenters. The lowest BCUT2D eigenvalue weighted by Crippen LogP contribution is -2.50. The topological polar surface area (TPSA) is 108 Å². The maximum Gasteiger partial charge on any atom is 0.251 e. The molecule has 0 radical (unpaired) electrons. The smallest absolute Gasteiger partial charge is 0.251 e. The highest BCUT2D eigenvalue weighted by Crippen LogP contribution is 2.09. The highest BCUT2D eigenvalue weighted by atomic mass is 16.3. The van der Waals surface area contributed by atoms with Gasteiger partial charge in [0, 0.05) is 24.2 Å². The van der Waals surface area contributed by atoms with E-state index in [9.17, 15) is 19.5 Å². The van der Waals surface area contributed by atoms with Crippen molar-refractivity contribution in [2.45, 2.75) is 26.8 Å². The minimum atomic E-state index is -0.684. The Hall–Kier alpha value is -3.35. The summed E-state index contributed by atoms with van der Waals surface area (Å²) >= 11 is 0. The van der Waals surface area contributed by atoms with E-state index in [-0.39, 0.29) is 42.5 Å². The lowest BCUT2D eigenvalue weighted by Gasteiger charge is -2.22. The Bertz CT molecular complexity index is 845. The molecule has 7 nitrogen and oxygen atoms in total. The molecule has 3 amide bonds. The minimum absolute atomic E-state index is 0.0845. The van der Waals surface area contributed by atoms with Crippen molar-refractivity contribution in [2.75, 3.05) is 13.1 Å². The SMILES string of the molecule is Cc1ccc(C(=O)NC(C(=O)NCCNC(=O)c2ccc(O)cc2)C(C)C)cc1. The first-order valence-electron chi connectivity index (χ1n) is 9.50. The van der Waals surface area contributed by atoms with Crippen LogP contribution in [-0.4, -0.2) is 42.0 Å². The molecule has 2 aromatic rings. The van der Waals surface area contributed by atoms with E-state index in [0.717, 1.165) is 5.56 Å². The van der Waals surface area contributed by atoms with Crippen LogP contribution in [-0.2, 0) is 4.79 Å². The number of aromatic hydroxyl groups is 1. The number of nitrogens with one attached hydrogen (secondary N) is 3. The molecule has 0 spiro atoms. The van der Waals surface area contributed by atoms with E-state index in [1.807, 2.05) is 32.9 Å². The third-order valence-electron chi connectivity index (χ3n) is 4.39. The Morgan fingerprint density at radius 3 is 1.93 bits per heavy atom. The largest absolute Gasteiger partial charge is 0.508 e. The van der Waals surface area contributed by atoms with Gasteiger partial charge >= 0.3 is 0 Å². The maximum absolute atomic E-state index is 12.5. The molecule has 0 heterocycles. The Morgan fingerprint density at radius 1 is 0.828 bits per heavy atom. The summed E-state index contributed by atoms with van der Waals surface area (Å²) in [6, 6.07) is 12.3. The molecule has 154 valence electrons. The molecule has 0 bridgehead atoms. The summed E-state index contributed by atoms with van der Waals surface area (Å²) in [6.45, 7) is 6.11. The van der Waals surface area contributed by atoms with Crippen LogP contribution in [0.2, 0.25) is 0 Å². The number of phenolic OH excluding ortho intramolecular Hbond substituents is 1. The summed E-state index contributed by atoms with van der Waals surface area (Å²) in [7, 11) is 0. The van der Waals surface area contributed by atoms with Gasteiger partial charge in [-0.1, -0.05) is 31.5 Å². The van der Waals surface area contributed by atoms with Gasteiger partial charge in [0.15, 0.2) is 0 Å². The van der Waals surface area contributed by atoms with E-state index in [4.69, 9.17) is 0 Å². The summed E-state index contributed by atoms with van der Waals surface area (Å²) in [5, 5.41) is 17.4. The number of carbonyl (C=O) groups excluding carboxylic acids is 3. The summed E-state index contributed by atoms with van der Waals surface area (Å²) in [4.78, 5) is 36.9. The van der Waals surface area contributed by atoms with Gasteiger partial charge in [-0.05, 0) is 49.2 Å². The van der Waals surface area contributed by atoms with Crippen LogP contribution in [0.15, 0.2) is 48.5 Å². The van der Waals surface area contributed by atoms with Crippen molar-refractivity contribution >= 4 is 17.7 Å². The molecular weight excluding hydrogens is 370 g/mol. The van der Waals surface area contributed by atoms with E-state index in [2.05, 4.69) is 16.0 Å². The van der Waals surface area contributed by atoms with Gasteiger partial charge in [-0.25, -0.2) is 0 Å². The second-order valence-electron chi connectivity index (χ2n) is 7.15. The molecule has 1 atom stereocenters. The molecule has 0 aliphatic heterocycles. The summed E-state index contributed by atoms with van der Waals surface area (Å²) in [6.07, 6.45) is 0. The zero-order valence-corrected chi connectivity index (χ0v) is 16.9. The number of amides is 3. The molecule has 2 rings (SSSR count). The Morgan fingerprint density at radius 2 is 1.34 bits per heavy atom. The number of phenols is 1. The van der Waals surface area contributed by atoms with Crippen molar-refractivity contribution in [3.05, 3.63) is 65.2 Å². The van der Waals surface area contributed by atoms with Crippen molar-refractivity contribution < 1.29 is 19.5 Å². The first-order chi connectivity index (χ1) is 13.8. The van der Waals surface area contributed by atoms with Crippen molar-refractivity contribution in [3.8, 4) is 5.75 Å². The fourth-order valence-electron chi connectivity index (χ4n) is 2.65. The van der Waals surface area contributed by atoms with Gasteiger partial charge in [-0.15, -0.1) is 0 Å². The number of hydrogen-bond acceptors (Lipinski definition) is 4. The Labute approximate surface area is 170 Å². The number of hydrogen-bond donors (Lipinski definition) is 4. The van der Waals surface area contributed by atoms with E-state index in [0.29, 0.717) is 11.1 Å². The second kappa shape index (κ2) is 10.3. The van der Waals surface area contributed by atoms with Crippen molar-refractivity contribution in [1.29, 1.82) is 0 Å². The fraction of sp³-hybridized carbons (Fsp3) is 0.318. The fourth-order valence-corrected chi connectivity index (χ4v) is 2.65. The van der Waals surface area contributed by atoms with Gasteiger partial charge in [0.1, 0.15) is 11.8 Å². The van der Waals surface area contributed by atoms with Crippen molar-refractivity contribution in [3.63, 3.8) is 0 Å². The molecule has 2 aromatic carbocycles. The predicted octanol–water partition coefficient (Wildman–Crippen LogP) is 2.00.